The molecule has 3 aromatic rings. The first-order valence-electron chi connectivity index (χ1n) is 9.59. The topological polar surface area (TPSA) is 105 Å². The van der Waals surface area contributed by atoms with Gasteiger partial charge in [0.15, 0.2) is 5.75 Å². The maximum atomic E-state index is 12.8. The largest absolute Gasteiger partial charge is 0.496 e. The number of methoxy groups -OCH3 is 1. The molecule has 8 heteroatoms. The van der Waals surface area contributed by atoms with Crippen molar-refractivity contribution in [1.29, 1.82) is 0 Å². The van der Waals surface area contributed by atoms with E-state index in [0.29, 0.717) is 17.6 Å². The number of fused-ring (bicyclic) bond motifs is 1. The van der Waals surface area contributed by atoms with Crippen LogP contribution in [0, 0.1) is 0 Å². The van der Waals surface area contributed by atoms with E-state index >= 15 is 0 Å². The molecule has 0 N–H and O–H groups in total. The first kappa shape index (κ1) is 21.2. The van der Waals surface area contributed by atoms with Crippen LogP contribution >= 0.6 is 0 Å². The lowest BCUT2D eigenvalue weighted by atomic mass is 10.0. The summed E-state index contributed by atoms with van der Waals surface area (Å²) in [7, 11) is 1.52. The zero-order chi connectivity index (χ0) is 21.8. The van der Waals surface area contributed by atoms with Gasteiger partial charge in [-0.3, -0.25) is 4.79 Å². The molecule has 0 saturated heterocycles. The lowest BCUT2D eigenvalue weighted by Crippen LogP contribution is -2.12. The van der Waals surface area contributed by atoms with Gasteiger partial charge in [0.1, 0.15) is 22.7 Å². The molecule has 0 unspecified atom stereocenters. The second-order valence-electron chi connectivity index (χ2n) is 6.32. The Bertz CT molecular complexity index is 1150. The summed E-state index contributed by atoms with van der Waals surface area (Å²) in [6.45, 7) is 5.43. The Morgan fingerprint density at radius 1 is 1.07 bits per heavy atom. The molecule has 0 saturated carbocycles. The molecule has 3 rings (SSSR count). The monoisotopic (exact) mass is 414 g/mol. The minimum Gasteiger partial charge on any atom is -0.496 e. The van der Waals surface area contributed by atoms with E-state index in [1.165, 1.54) is 19.2 Å². The van der Waals surface area contributed by atoms with Crippen LogP contribution in [0.25, 0.3) is 22.3 Å². The van der Waals surface area contributed by atoms with Gasteiger partial charge in [-0.05, 0) is 37.1 Å². The van der Waals surface area contributed by atoms with Crippen molar-refractivity contribution >= 4 is 22.9 Å². The number of rotatable bonds is 7. The van der Waals surface area contributed by atoms with Gasteiger partial charge in [-0.15, -0.1) is 0 Å². The highest BCUT2D eigenvalue weighted by Crippen LogP contribution is 2.38. The minimum absolute atomic E-state index is 0.00946. The molecular formula is C22H22O8. The van der Waals surface area contributed by atoms with Crippen molar-refractivity contribution in [3.63, 3.8) is 0 Å². The maximum Gasteiger partial charge on any atom is 0.374 e. The van der Waals surface area contributed by atoms with Crippen LogP contribution in [0.3, 0.4) is 0 Å². The fourth-order valence-electron chi connectivity index (χ4n) is 3.00. The van der Waals surface area contributed by atoms with E-state index in [-0.39, 0.29) is 41.4 Å². The minimum atomic E-state index is -0.780. The second kappa shape index (κ2) is 8.86. The number of hydrogen-bond donors (Lipinski definition) is 0. The smallest absolute Gasteiger partial charge is 0.374 e. The molecule has 0 bridgehead atoms. The Hall–Kier alpha value is -3.55. The summed E-state index contributed by atoms with van der Waals surface area (Å²) < 4.78 is 26.8. The van der Waals surface area contributed by atoms with Crippen LogP contribution in [0.15, 0.2) is 37.9 Å². The Labute approximate surface area is 172 Å². The molecule has 0 atom stereocenters. The SMILES string of the molecule is CCOC(=O)c1ccc(-c2c(OC(=O)CC)c3cc(CC)c(OC)cc3oc2=O)o1. The van der Waals surface area contributed by atoms with Crippen LogP contribution in [-0.4, -0.2) is 25.7 Å². The van der Waals surface area contributed by atoms with Gasteiger partial charge in [-0.1, -0.05) is 13.8 Å². The van der Waals surface area contributed by atoms with Crippen molar-refractivity contribution in [3.8, 4) is 22.8 Å². The van der Waals surface area contributed by atoms with Crippen molar-refractivity contribution in [1.82, 2.24) is 0 Å². The van der Waals surface area contributed by atoms with E-state index in [1.54, 1.807) is 26.0 Å². The first-order valence-corrected chi connectivity index (χ1v) is 9.59. The summed E-state index contributed by atoms with van der Waals surface area (Å²) >= 11 is 0. The van der Waals surface area contributed by atoms with Gasteiger partial charge in [-0.2, -0.15) is 0 Å². The first-order chi connectivity index (χ1) is 14.4. The van der Waals surface area contributed by atoms with Gasteiger partial charge >= 0.3 is 17.6 Å². The summed E-state index contributed by atoms with van der Waals surface area (Å²) in [5, 5.41) is 0.415. The number of ether oxygens (including phenoxy) is 3. The predicted molar refractivity (Wildman–Crippen MR) is 108 cm³/mol. The van der Waals surface area contributed by atoms with Gasteiger partial charge in [0.05, 0.1) is 19.1 Å². The molecule has 0 aliphatic carbocycles. The van der Waals surface area contributed by atoms with Crippen LogP contribution in [-0.2, 0) is 16.0 Å². The molecule has 0 aliphatic rings. The van der Waals surface area contributed by atoms with Crippen LogP contribution in [0.4, 0.5) is 0 Å². The molecule has 0 spiro atoms. The van der Waals surface area contributed by atoms with Crippen molar-refractivity contribution in [2.45, 2.75) is 33.6 Å². The van der Waals surface area contributed by atoms with E-state index in [9.17, 15) is 14.4 Å². The third-order valence-corrected chi connectivity index (χ3v) is 4.48. The standard InChI is InChI=1S/C22H22O8/c1-5-12-10-13-17(11-16(12)26-4)29-22(25)19(20(13)30-18(23)6-2)14-8-9-15(28-14)21(24)27-7-3/h8-11H,5-7H2,1-4H3. The summed E-state index contributed by atoms with van der Waals surface area (Å²) in [6, 6.07) is 6.13. The Morgan fingerprint density at radius 3 is 2.47 bits per heavy atom. The molecule has 2 heterocycles. The van der Waals surface area contributed by atoms with Gasteiger partial charge in [0.25, 0.3) is 0 Å². The van der Waals surface area contributed by atoms with Gasteiger partial charge < -0.3 is 23.0 Å². The number of hydrogen-bond acceptors (Lipinski definition) is 8. The van der Waals surface area contributed by atoms with Gasteiger partial charge in [0.2, 0.25) is 5.76 Å². The molecule has 0 fully saturated rings. The molecule has 2 aromatic heterocycles. The summed E-state index contributed by atoms with van der Waals surface area (Å²) in [5.74, 6) is -0.690. The predicted octanol–water partition coefficient (Wildman–Crippen LogP) is 4.12. The molecule has 0 aliphatic heterocycles. The quantitative estimate of drug-likeness (QED) is 0.420. The Balaban J connectivity index is 2.28. The highest BCUT2D eigenvalue weighted by molar-refractivity contribution is 5.94. The number of esters is 2. The molecule has 0 radical (unpaired) electrons. The lowest BCUT2D eigenvalue weighted by Gasteiger charge is -2.13. The number of carbonyl (C=O) groups excluding carboxylic acids is 2. The molecule has 0 amide bonds. The van der Waals surface area contributed by atoms with E-state index < -0.39 is 17.6 Å². The molecule has 158 valence electrons. The third kappa shape index (κ3) is 3.94. The zero-order valence-electron chi connectivity index (χ0n) is 17.2. The molecule has 30 heavy (non-hydrogen) atoms. The van der Waals surface area contributed by atoms with Crippen molar-refractivity contribution < 1.29 is 32.6 Å². The summed E-state index contributed by atoms with van der Waals surface area (Å²) in [4.78, 5) is 36.9. The van der Waals surface area contributed by atoms with Crippen molar-refractivity contribution in [3.05, 3.63) is 46.0 Å². The van der Waals surface area contributed by atoms with Gasteiger partial charge in [0, 0.05) is 12.5 Å². The average Bonchev–Trinajstić information content (AvgIpc) is 3.22. The van der Waals surface area contributed by atoms with E-state index in [2.05, 4.69) is 0 Å². The summed E-state index contributed by atoms with van der Waals surface area (Å²) in [6.07, 6.45) is 0.743. The third-order valence-electron chi connectivity index (χ3n) is 4.48. The lowest BCUT2D eigenvalue weighted by molar-refractivity contribution is -0.133. The van der Waals surface area contributed by atoms with Crippen LogP contribution in [0.5, 0.6) is 11.5 Å². The van der Waals surface area contributed by atoms with Crippen LogP contribution in [0.2, 0.25) is 0 Å². The molecule has 8 nitrogen and oxygen atoms in total. The fourth-order valence-corrected chi connectivity index (χ4v) is 3.00. The van der Waals surface area contributed by atoms with Crippen molar-refractivity contribution in [2.75, 3.05) is 13.7 Å². The molecular weight excluding hydrogens is 392 g/mol. The highest BCUT2D eigenvalue weighted by Gasteiger charge is 2.25. The maximum absolute atomic E-state index is 12.8. The zero-order valence-corrected chi connectivity index (χ0v) is 17.2. The average molecular weight is 414 g/mol. The number of furan rings is 1. The van der Waals surface area contributed by atoms with Crippen LogP contribution in [0.1, 0.15) is 43.3 Å². The van der Waals surface area contributed by atoms with E-state index in [4.69, 9.17) is 23.0 Å². The normalized spacial score (nSPS) is 10.8. The molecule has 1 aromatic carbocycles. The number of benzene rings is 1. The Kier molecular flexibility index (Phi) is 6.25. The second-order valence-corrected chi connectivity index (χ2v) is 6.32. The Morgan fingerprint density at radius 2 is 1.83 bits per heavy atom. The van der Waals surface area contributed by atoms with E-state index in [0.717, 1.165) is 5.56 Å². The number of carbonyl (C=O) groups is 2. The number of aryl methyl sites for hydroxylation is 1. The highest BCUT2D eigenvalue weighted by atomic mass is 16.5. The van der Waals surface area contributed by atoms with Crippen LogP contribution < -0.4 is 15.1 Å². The summed E-state index contributed by atoms with van der Waals surface area (Å²) in [5.41, 5.74) is 0.170. The van der Waals surface area contributed by atoms with Gasteiger partial charge in [-0.25, -0.2) is 9.59 Å². The van der Waals surface area contributed by atoms with Crippen molar-refractivity contribution in [2.24, 2.45) is 0 Å². The fraction of sp³-hybridized carbons (Fsp3) is 0.318. The van der Waals surface area contributed by atoms with E-state index in [1.807, 2.05) is 6.92 Å².